The van der Waals surface area contributed by atoms with E-state index in [-0.39, 0.29) is 30.3 Å². The van der Waals surface area contributed by atoms with Crippen LogP contribution >= 0.6 is 11.6 Å². The van der Waals surface area contributed by atoms with E-state index in [9.17, 15) is 22.4 Å². The quantitative estimate of drug-likeness (QED) is 0.234. The molecule has 0 saturated carbocycles. The largest absolute Gasteiger partial charge is 0.480 e. The van der Waals surface area contributed by atoms with Gasteiger partial charge in [-0.25, -0.2) is 22.4 Å². The van der Waals surface area contributed by atoms with E-state index in [0.29, 0.717) is 11.3 Å². The van der Waals surface area contributed by atoms with Crippen LogP contribution in [0, 0.1) is 11.7 Å². The van der Waals surface area contributed by atoms with Crippen LogP contribution in [0.4, 0.5) is 9.18 Å². The maximum atomic E-state index is 13.7. The third-order valence-electron chi connectivity index (χ3n) is 7.42. The van der Waals surface area contributed by atoms with Crippen LogP contribution in [0.15, 0.2) is 83.8 Å². The van der Waals surface area contributed by atoms with Gasteiger partial charge in [-0.1, -0.05) is 67.9 Å². The molecule has 3 atom stereocenters. The molecule has 3 aromatic carbocycles. The second-order valence-corrected chi connectivity index (χ2v) is 13.5. The molecule has 12 heteroatoms. The van der Waals surface area contributed by atoms with Gasteiger partial charge in [-0.05, 0) is 54.4 Å². The van der Waals surface area contributed by atoms with Gasteiger partial charge in [0.2, 0.25) is 10.0 Å². The standard InChI is InChI=1S/C31H32ClFN2O7S/c1-20(2)28-35(30(37)40-21(3)32)27(29(36)41-28)17-22-8-7-11-26(16-22)43(38,39)34-18-31(19-34,23-9-5-4-6-10-23)42-25-14-12-24(33)13-15-25/h4-16,20-21,27-28H,17-19H2,1-3H3/t21?,27-,28?/m0/s1. The number of nitrogens with zero attached hydrogens (tertiary/aromatic N) is 2. The molecule has 2 fully saturated rings. The lowest BCUT2D eigenvalue weighted by Crippen LogP contribution is -2.64. The fourth-order valence-electron chi connectivity index (χ4n) is 5.29. The number of amides is 1. The number of hydrogen-bond acceptors (Lipinski definition) is 7. The zero-order valence-electron chi connectivity index (χ0n) is 23.9. The number of rotatable bonds is 9. The van der Waals surface area contributed by atoms with Gasteiger partial charge in [0.05, 0.1) is 18.0 Å². The van der Waals surface area contributed by atoms with Crippen molar-refractivity contribution in [1.29, 1.82) is 0 Å². The van der Waals surface area contributed by atoms with E-state index in [1.165, 1.54) is 52.5 Å². The number of cyclic esters (lactones) is 1. The Morgan fingerprint density at radius 1 is 1.05 bits per heavy atom. The average molecular weight is 631 g/mol. The van der Waals surface area contributed by atoms with Crippen LogP contribution in [0.2, 0.25) is 0 Å². The molecule has 2 unspecified atom stereocenters. The molecule has 0 radical (unpaired) electrons. The third kappa shape index (κ3) is 6.34. The Kier molecular flexibility index (Phi) is 8.69. The number of esters is 1. The Balaban J connectivity index is 1.37. The minimum atomic E-state index is -3.97. The van der Waals surface area contributed by atoms with Crippen LogP contribution in [0.1, 0.15) is 31.9 Å². The summed E-state index contributed by atoms with van der Waals surface area (Å²) < 4.78 is 59.2. The predicted molar refractivity (Wildman–Crippen MR) is 156 cm³/mol. The fraction of sp³-hybridized carbons (Fsp3) is 0.355. The zero-order valence-corrected chi connectivity index (χ0v) is 25.4. The molecule has 2 aliphatic heterocycles. The summed E-state index contributed by atoms with van der Waals surface area (Å²) in [5.74, 6) is -0.816. The maximum absolute atomic E-state index is 13.7. The van der Waals surface area contributed by atoms with Gasteiger partial charge in [0.25, 0.3) is 0 Å². The van der Waals surface area contributed by atoms with E-state index in [4.69, 9.17) is 25.8 Å². The van der Waals surface area contributed by atoms with Crippen molar-refractivity contribution < 1.29 is 36.6 Å². The molecule has 0 aromatic heterocycles. The van der Waals surface area contributed by atoms with Crippen molar-refractivity contribution in [2.75, 3.05) is 13.1 Å². The number of benzene rings is 3. The lowest BCUT2D eigenvalue weighted by atomic mass is 9.87. The molecular formula is C31H32ClFN2O7S. The first-order valence-corrected chi connectivity index (χ1v) is 15.7. The Hall–Kier alpha value is -3.67. The van der Waals surface area contributed by atoms with E-state index in [1.807, 2.05) is 30.3 Å². The van der Waals surface area contributed by atoms with Gasteiger partial charge in [0.1, 0.15) is 17.6 Å². The number of carbonyl (C=O) groups excluding carboxylic acids is 2. The second kappa shape index (κ2) is 12.1. The lowest BCUT2D eigenvalue weighted by Gasteiger charge is -2.48. The summed E-state index contributed by atoms with van der Waals surface area (Å²) in [6.45, 7) is 5.16. The number of alkyl halides is 1. The lowest BCUT2D eigenvalue weighted by molar-refractivity contribution is -0.144. The second-order valence-electron chi connectivity index (χ2n) is 11.0. The topological polar surface area (TPSA) is 102 Å². The smallest absolute Gasteiger partial charge is 0.414 e. The van der Waals surface area contributed by atoms with Gasteiger partial charge in [-0.3, -0.25) is 4.90 Å². The van der Waals surface area contributed by atoms with Crippen molar-refractivity contribution in [3.63, 3.8) is 0 Å². The predicted octanol–water partition coefficient (Wildman–Crippen LogP) is 5.28. The number of sulfonamides is 1. The summed E-state index contributed by atoms with van der Waals surface area (Å²) in [5, 5.41) is 0. The first kappa shape index (κ1) is 30.8. The number of hydrogen-bond donors (Lipinski definition) is 0. The molecule has 9 nitrogen and oxygen atoms in total. The van der Waals surface area contributed by atoms with Crippen molar-refractivity contribution >= 4 is 33.7 Å². The summed E-state index contributed by atoms with van der Waals surface area (Å²) in [7, 11) is -3.97. The van der Waals surface area contributed by atoms with Gasteiger partial charge < -0.3 is 14.2 Å². The Morgan fingerprint density at radius 3 is 2.35 bits per heavy atom. The van der Waals surface area contributed by atoms with Crippen LogP contribution in [0.5, 0.6) is 5.75 Å². The minimum absolute atomic E-state index is 0.0127. The van der Waals surface area contributed by atoms with E-state index >= 15 is 0 Å². The summed E-state index contributed by atoms with van der Waals surface area (Å²) in [6.07, 6.45) is -1.63. The normalized spacial score (nSPS) is 20.8. The molecule has 2 aliphatic rings. The molecule has 1 amide bonds. The zero-order chi connectivity index (χ0) is 30.9. The van der Waals surface area contributed by atoms with Gasteiger partial charge >= 0.3 is 12.1 Å². The highest BCUT2D eigenvalue weighted by molar-refractivity contribution is 7.89. The van der Waals surface area contributed by atoms with Crippen molar-refractivity contribution in [3.05, 3.63) is 95.8 Å². The van der Waals surface area contributed by atoms with Gasteiger partial charge in [-0.2, -0.15) is 4.31 Å². The van der Waals surface area contributed by atoms with E-state index in [2.05, 4.69) is 0 Å². The summed E-state index contributed by atoms with van der Waals surface area (Å²) in [5.41, 5.74) is -0.584. The summed E-state index contributed by atoms with van der Waals surface area (Å²) in [4.78, 5) is 27.0. The SMILES string of the molecule is CC(Cl)OC(=O)N1C(C(C)C)OC(=O)[C@@H]1Cc1cccc(S(=O)(=O)N2CC(Oc3ccc(F)cc3)(c3ccccc3)C2)c1. The summed E-state index contributed by atoms with van der Waals surface area (Å²) >= 11 is 5.86. The average Bonchev–Trinajstić information content (AvgIpc) is 3.28. The highest BCUT2D eigenvalue weighted by atomic mass is 35.5. The summed E-state index contributed by atoms with van der Waals surface area (Å²) in [6, 6.07) is 20.1. The Morgan fingerprint density at radius 2 is 1.72 bits per heavy atom. The highest BCUT2D eigenvalue weighted by Gasteiger charge is 2.52. The first-order chi connectivity index (χ1) is 20.4. The van der Waals surface area contributed by atoms with E-state index < -0.39 is 51.3 Å². The molecule has 3 aromatic rings. The molecule has 2 heterocycles. The Bertz CT molecular complexity index is 1580. The maximum Gasteiger partial charge on any atom is 0.414 e. The van der Waals surface area contributed by atoms with Crippen molar-refractivity contribution in [1.82, 2.24) is 9.21 Å². The fourth-order valence-corrected chi connectivity index (χ4v) is 6.97. The van der Waals surface area contributed by atoms with Crippen molar-refractivity contribution in [3.8, 4) is 5.75 Å². The number of ether oxygens (including phenoxy) is 3. The van der Waals surface area contributed by atoms with Crippen LogP contribution < -0.4 is 4.74 Å². The van der Waals surface area contributed by atoms with Crippen molar-refractivity contribution in [2.45, 2.75) is 55.5 Å². The Labute approximate surface area is 255 Å². The van der Waals surface area contributed by atoms with Crippen molar-refractivity contribution in [2.24, 2.45) is 5.92 Å². The van der Waals surface area contributed by atoms with E-state index in [1.54, 1.807) is 26.0 Å². The highest BCUT2D eigenvalue weighted by Crippen LogP contribution is 2.40. The molecule has 0 bridgehead atoms. The molecule has 5 rings (SSSR count). The van der Waals surface area contributed by atoms with Gasteiger partial charge in [0, 0.05) is 12.3 Å². The van der Waals surface area contributed by atoms with Gasteiger partial charge in [0.15, 0.2) is 17.4 Å². The third-order valence-corrected chi connectivity index (χ3v) is 9.30. The van der Waals surface area contributed by atoms with Crippen LogP contribution in [0.3, 0.4) is 0 Å². The first-order valence-electron chi connectivity index (χ1n) is 13.8. The van der Waals surface area contributed by atoms with Gasteiger partial charge in [-0.15, -0.1) is 0 Å². The molecule has 2 saturated heterocycles. The minimum Gasteiger partial charge on any atom is -0.480 e. The molecule has 43 heavy (non-hydrogen) atoms. The van der Waals surface area contributed by atoms with E-state index in [0.717, 1.165) is 5.56 Å². The van der Waals surface area contributed by atoms with Crippen LogP contribution in [-0.2, 0) is 36.3 Å². The molecule has 0 aliphatic carbocycles. The van der Waals surface area contributed by atoms with Crippen LogP contribution in [0.25, 0.3) is 0 Å². The molecule has 228 valence electrons. The van der Waals surface area contributed by atoms with Crippen LogP contribution in [-0.4, -0.2) is 60.6 Å². The number of halogens is 2. The molecule has 0 spiro atoms. The number of carbonyl (C=O) groups is 2. The molecule has 0 N–H and O–H groups in total. The molecular weight excluding hydrogens is 599 g/mol. The monoisotopic (exact) mass is 630 g/mol.